The normalized spacial score (nSPS) is 14.6. The van der Waals surface area contributed by atoms with Gasteiger partial charge < -0.3 is 4.90 Å². The second-order valence-electron chi connectivity index (χ2n) is 4.94. The van der Waals surface area contributed by atoms with E-state index >= 15 is 0 Å². The van der Waals surface area contributed by atoms with Crippen LogP contribution in [-0.4, -0.2) is 24.0 Å². The third-order valence-electron chi connectivity index (χ3n) is 3.44. The smallest absolute Gasteiger partial charge is 0.234 e. The fraction of sp³-hybridized carbons (Fsp3) is 0.118. The summed E-state index contributed by atoms with van der Waals surface area (Å²) in [5.74, 6) is -0.417. The van der Waals surface area contributed by atoms with Crippen molar-refractivity contribution in [2.45, 2.75) is 6.42 Å². The van der Waals surface area contributed by atoms with Crippen LogP contribution in [0.1, 0.15) is 22.3 Å². The van der Waals surface area contributed by atoms with E-state index < -0.39 is 0 Å². The fourth-order valence-electron chi connectivity index (χ4n) is 2.39. The van der Waals surface area contributed by atoms with Crippen molar-refractivity contribution in [1.82, 2.24) is 0 Å². The molecule has 0 bridgehead atoms. The van der Waals surface area contributed by atoms with Crippen molar-refractivity contribution >= 4 is 23.2 Å². The lowest BCUT2D eigenvalue weighted by molar-refractivity contribution is -0.121. The van der Waals surface area contributed by atoms with Gasteiger partial charge in [-0.05, 0) is 12.1 Å². The van der Waals surface area contributed by atoms with Crippen molar-refractivity contribution in [3.8, 4) is 0 Å². The molecule has 1 saturated heterocycles. The van der Waals surface area contributed by atoms with Crippen LogP contribution in [0.2, 0.25) is 0 Å². The van der Waals surface area contributed by atoms with Crippen LogP contribution >= 0.6 is 0 Å². The zero-order valence-corrected chi connectivity index (χ0v) is 11.3. The number of anilines is 1. The van der Waals surface area contributed by atoms with Gasteiger partial charge in [-0.25, -0.2) is 0 Å². The van der Waals surface area contributed by atoms with Gasteiger partial charge in [0.05, 0.1) is 13.0 Å². The van der Waals surface area contributed by atoms with Gasteiger partial charge >= 0.3 is 0 Å². The highest BCUT2D eigenvalue weighted by Gasteiger charge is 2.28. The summed E-state index contributed by atoms with van der Waals surface area (Å²) in [7, 11) is 0. The summed E-state index contributed by atoms with van der Waals surface area (Å²) in [6, 6.07) is 15.8. The number of amides is 1. The van der Waals surface area contributed by atoms with Crippen LogP contribution in [0.3, 0.4) is 0 Å². The van der Waals surface area contributed by atoms with Crippen LogP contribution in [-0.2, 0) is 9.59 Å². The molecule has 0 aliphatic carbocycles. The third kappa shape index (κ3) is 2.60. The number of rotatable bonds is 3. The van der Waals surface area contributed by atoms with Gasteiger partial charge in [-0.15, -0.1) is 0 Å². The largest absolute Gasteiger partial charge is 0.305 e. The number of nitrogens with zero attached hydrogens (tertiary/aromatic N) is 1. The summed E-state index contributed by atoms with van der Waals surface area (Å²) < 4.78 is 0. The molecule has 0 atom stereocenters. The van der Waals surface area contributed by atoms with E-state index in [0.717, 1.165) is 0 Å². The Hall–Kier alpha value is -2.75. The van der Waals surface area contributed by atoms with Gasteiger partial charge in [-0.3, -0.25) is 14.4 Å². The van der Waals surface area contributed by atoms with E-state index in [0.29, 0.717) is 16.8 Å². The number of hydrogen-bond donors (Lipinski definition) is 0. The van der Waals surface area contributed by atoms with Gasteiger partial charge in [0, 0.05) is 16.8 Å². The second-order valence-corrected chi connectivity index (χ2v) is 4.94. The van der Waals surface area contributed by atoms with Crippen LogP contribution in [0.25, 0.3) is 0 Å². The molecule has 1 aliphatic rings. The second kappa shape index (κ2) is 5.32. The molecule has 0 saturated carbocycles. The van der Waals surface area contributed by atoms with Gasteiger partial charge in [-0.1, -0.05) is 42.5 Å². The molecule has 3 rings (SSSR count). The zero-order valence-electron chi connectivity index (χ0n) is 11.3. The molecule has 21 heavy (non-hydrogen) atoms. The highest BCUT2D eigenvalue weighted by Crippen LogP contribution is 2.22. The van der Waals surface area contributed by atoms with Gasteiger partial charge in [0.1, 0.15) is 0 Å². The van der Waals surface area contributed by atoms with E-state index in [1.54, 1.807) is 48.5 Å². The summed E-state index contributed by atoms with van der Waals surface area (Å²) in [6.07, 6.45) is -0.0587. The molecule has 4 heteroatoms. The van der Waals surface area contributed by atoms with Crippen molar-refractivity contribution in [2.24, 2.45) is 0 Å². The standard InChI is InChI=1S/C17H13NO3/c19-15-10-16(20)18(11-15)14-8-4-7-13(9-14)17(21)12-5-2-1-3-6-12/h1-9H,10-11H2. The van der Waals surface area contributed by atoms with Crippen LogP contribution in [0.4, 0.5) is 5.69 Å². The maximum atomic E-state index is 12.4. The highest BCUT2D eigenvalue weighted by molar-refractivity contribution is 6.15. The number of benzene rings is 2. The number of Topliss-reactive ketones (excluding diaryl/α,β-unsaturated/α-hetero) is 1. The van der Waals surface area contributed by atoms with E-state index in [1.165, 1.54) is 4.90 Å². The molecule has 2 aromatic carbocycles. The SMILES string of the molecule is O=C1CC(=O)N(c2cccc(C(=O)c3ccccc3)c2)C1. The van der Waals surface area contributed by atoms with Crippen molar-refractivity contribution in [3.05, 3.63) is 65.7 Å². The van der Waals surface area contributed by atoms with Crippen LogP contribution in [0.15, 0.2) is 54.6 Å². The average Bonchev–Trinajstić information content (AvgIpc) is 2.86. The lowest BCUT2D eigenvalue weighted by Gasteiger charge is -2.15. The summed E-state index contributed by atoms with van der Waals surface area (Å²) in [5.41, 5.74) is 1.69. The predicted octanol–water partition coefficient (Wildman–Crippen LogP) is 2.22. The number of carbonyl (C=O) groups excluding carboxylic acids is 3. The Balaban J connectivity index is 1.92. The molecule has 104 valence electrons. The van der Waals surface area contributed by atoms with Crippen LogP contribution in [0, 0.1) is 0 Å². The van der Waals surface area contributed by atoms with Crippen molar-refractivity contribution in [3.63, 3.8) is 0 Å². The Labute approximate surface area is 122 Å². The Bertz CT molecular complexity index is 722. The van der Waals surface area contributed by atoms with Crippen LogP contribution < -0.4 is 4.90 Å². The molecule has 0 spiro atoms. The molecular weight excluding hydrogens is 266 g/mol. The minimum absolute atomic E-state index is 0.0587. The molecule has 1 fully saturated rings. The molecule has 0 unspecified atom stereocenters. The molecule has 1 heterocycles. The number of carbonyl (C=O) groups is 3. The lowest BCUT2D eigenvalue weighted by atomic mass is 10.0. The van der Waals surface area contributed by atoms with Gasteiger partial charge in [0.15, 0.2) is 11.6 Å². The number of ketones is 2. The lowest BCUT2D eigenvalue weighted by Crippen LogP contribution is -2.24. The molecule has 4 nitrogen and oxygen atoms in total. The van der Waals surface area contributed by atoms with Gasteiger partial charge in [0.2, 0.25) is 5.91 Å². The topological polar surface area (TPSA) is 54.5 Å². The fourth-order valence-corrected chi connectivity index (χ4v) is 2.39. The van der Waals surface area contributed by atoms with Gasteiger partial charge in [0.25, 0.3) is 0 Å². The average molecular weight is 279 g/mol. The Kier molecular flexibility index (Phi) is 3.36. The summed E-state index contributed by atoms with van der Waals surface area (Å²) in [4.78, 5) is 36.9. The Morgan fingerprint density at radius 3 is 2.29 bits per heavy atom. The minimum Gasteiger partial charge on any atom is -0.305 e. The first kappa shape index (κ1) is 13.2. The van der Waals surface area contributed by atoms with E-state index in [2.05, 4.69) is 0 Å². The summed E-state index contributed by atoms with van der Waals surface area (Å²) >= 11 is 0. The van der Waals surface area contributed by atoms with E-state index in [-0.39, 0.29) is 30.4 Å². The molecule has 1 amide bonds. The third-order valence-corrected chi connectivity index (χ3v) is 3.44. The molecule has 1 aliphatic heterocycles. The molecular formula is C17H13NO3. The highest BCUT2D eigenvalue weighted by atomic mass is 16.2. The Morgan fingerprint density at radius 1 is 0.905 bits per heavy atom. The number of hydrogen-bond acceptors (Lipinski definition) is 3. The summed E-state index contributed by atoms with van der Waals surface area (Å²) in [5, 5.41) is 0. The predicted molar refractivity (Wildman–Crippen MR) is 78.3 cm³/mol. The summed E-state index contributed by atoms with van der Waals surface area (Å²) in [6.45, 7) is 0.0851. The quantitative estimate of drug-likeness (QED) is 0.639. The zero-order chi connectivity index (χ0) is 14.8. The van der Waals surface area contributed by atoms with Crippen LogP contribution in [0.5, 0.6) is 0 Å². The first-order valence-electron chi connectivity index (χ1n) is 6.67. The van der Waals surface area contributed by atoms with Crippen molar-refractivity contribution in [1.29, 1.82) is 0 Å². The molecule has 0 N–H and O–H groups in total. The molecule has 0 aromatic heterocycles. The van der Waals surface area contributed by atoms with E-state index in [1.807, 2.05) is 6.07 Å². The van der Waals surface area contributed by atoms with Crippen molar-refractivity contribution < 1.29 is 14.4 Å². The first-order chi connectivity index (χ1) is 10.1. The molecule has 0 radical (unpaired) electrons. The van der Waals surface area contributed by atoms with Gasteiger partial charge in [-0.2, -0.15) is 0 Å². The van der Waals surface area contributed by atoms with Crippen molar-refractivity contribution in [2.75, 3.05) is 11.4 Å². The monoisotopic (exact) mass is 279 g/mol. The molecule has 2 aromatic rings. The Morgan fingerprint density at radius 2 is 1.62 bits per heavy atom. The maximum Gasteiger partial charge on any atom is 0.234 e. The maximum absolute atomic E-state index is 12.4. The van der Waals surface area contributed by atoms with E-state index in [9.17, 15) is 14.4 Å². The van der Waals surface area contributed by atoms with E-state index in [4.69, 9.17) is 0 Å². The first-order valence-corrected chi connectivity index (χ1v) is 6.67. The minimum atomic E-state index is -0.218.